The number of methoxy groups -OCH3 is 1. The smallest absolute Gasteiger partial charge is 0.128 e. The van der Waals surface area contributed by atoms with Gasteiger partial charge in [0.15, 0.2) is 0 Å². The molecular weight excluding hydrogens is 440 g/mol. The molecule has 0 fully saturated rings. The third kappa shape index (κ3) is 4.95. The predicted molar refractivity (Wildman–Crippen MR) is 139 cm³/mol. The second-order valence-electron chi connectivity index (χ2n) is 7.86. The third-order valence-electron chi connectivity index (χ3n) is 5.66. The van der Waals surface area contributed by atoms with E-state index in [4.69, 9.17) is 14.5 Å². The molecule has 1 unspecified atom stereocenters. The van der Waals surface area contributed by atoms with E-state index in [2.05, 4.69) is 77.4 Å². The fraction of sp³-hybridized carbons (Fsp3) is 0.138. The van der Waals surface area contributed by atoms with Crippen LogP contribution in [0, 0.1) is 0 Å². The Bertz CT molecular complexity index is 1340. The summed E-state index contributed by atoms with van der Waals surface area (Å²) in [6, 6.07) is 37.1. The van der Waals surface area contributed by atoms with E-state index in [1.54, 1.807) is 7.11 Å². The Morgan fingerprint density at radius 3 is 2.15 bits per heavy atom. The number of benzene rings is 4. The molecule has 0 saturated heterocycles. The summed E-state index contributed by atoms with van der Waals surface area (Å²) in [6.45, 7) is 1.23. The van der Waals surface area contributed by atoms with E-state index >= 15 is 0 Å². The summed E-state index contributed by atoms with van der Waals surface area (Å²) < 4.78 is 13.6. The highest BCUT2D eigenvalue weighted by atomic mass is 32.2. The standard InChI is InChI=1S/C29H26N2O2S/c1-32-23-16-18-24(19-17-23)33-21-20-31-27-15-9-8-14-26(27)30-29(31)28(22-10-4-2-5-11-22)34-25-12-6-3-7-13-25/h2-19,28H,20-21H2,1H3. The van der Waals surface area contributed by atoms with Gasteiger partial charge in [0.2, 0.25) is 0 Å². The van der Waals surface area contributed by atoms with E-state index in [9.17, 15) is 0 Å². The van der Waals surface area contributed by atoms with Gasteiger partial charge in [-0.25, -0.2) is 4.98 Å². The molecule has 170 valence electrons. The van der Waals surface area contributed by atoms with Crippen molar-refractivity contribution in [3.63, 3.8) is 0 Å². The number of hydrogen-bond donors (Lipinski definition) is 0. The molecule has 0 aliphatic carbocycles. The summed E-state index contributed by atoms with van der Waals surface area (Å²) in [5, 5.41) is 0.0528. The van der Waals surface area contributed by atoms with Crippen molar-refractivity contribution in [3.05, 3.63) is 121 Å². The highest BCUT2D eigenvalue weighted by molar-refractivity contribution is 7.99. The molecule has 0 radical (unpaired) electrons. The lowest BCUT2D eigenvalue weighted by Gasteiger charge is -2.19. The van der Waals surface area contributed by atoms with Gasteiger partial charge < -0.3 is 14.0 Å². The van der Waals surface area contributed by atoms with Crippen molar-refractivity contribution in [2.75, 3.05) is 13.7 Å². The number of hydrogen-bond acceptors (Lipinski definition) is 4. The van der Waals surface area contributed by atoms with E-state index in [1.807, 2.05) is 48.2 Å². The maximum atomic E-state index is 6.08. The van der Waals surface area contributed by atoms with Gasteiger partial charge in [-0.05, 0) is 54.1 Å². The first kappa shape index (κ1) is 22.1. The number of aromatic nitrogens is 2. The van der Waals surface area contributed by atoms with E-state index in [1.165, 1.54) is 10.5 Å². The predicted octanol–water partition coefficient (Wildman–Crippen LogP) is 7.01. The fourth-order valence-electron chi connectivity index (χ4n) is 3.99. The van der Waals surface area contributed by atoms with Crippen molar-refractivity contribution < 1.29 is 9.47 Å². The molecule has 5 rings (SSSR count). The maximum Gasteiger partial charge on any atom is 0.128 e. The number of nitrogens with zero attached hydrogens (tertiary/aromatic N) is 2. The lowest BCUT2D eigenvalue weighted by atomic mass is 10.1. The first-order valence-corrected chi connectivity index (χ1v) is 12.2. The van der Waals surface area contributed by atoms with Crippen LogP contribution in [0.5, 0.6) is 11.5 Å². The second-order valence-corrected chi connectivity index (χ2v) is 9.03. The van der Waals surface area contributed by atoms with Gasteiger partial charge in [-0.3, -0.25) is 0 Å². The zero-order valence-corrected chi connectivity index (χ0v) is 19.8. The minimum atomic E-state index is 0.0528. The molecule has 0 saturated carbocycles. The largest absolute Gasteiger partial charge is 0.497 e. The Morgan fingerprint density at radius 1 is 0.765 bits per heavy atom. The van der Waals surface area contributed by atoms with Gasteiger partial charge in [-0.1, -0.05) is 60.7 Å². The highest BCUT2D eigenvalue weighted by Gasteiger charge is 2.23. The fourth-order valence-corrected chi connectivity index (χ4v) is 5.15. The zero-order chi connectivity index (χ0) is 23.2. The van der Waals surface area contributed by atoms with E-state index in [-0.39, 0.29) is 5.25 Å². The molecule has 0 aliphatic rings. The van der Waals surface area contributed by atoms with Crippen molar-refractivity contribution in [1.29, 1.82) is 0 Å². The van der Waals surface area contributed by atoms with Crippen LogP contribution < -0.4 is 9.47 Å². The van der Waals surface area contributed by atoms with Crippen molar-refractivity contribution in [1.82, 2.24) is 9.55 Å². The molecule has 0 N–H and O–H groups in total. The summed E-state index contributed by atoms with van der Waals surface area (Å²) in [6.07, 6.45) is 0. The van der Waals surface area contributed by atoms with Crippen molar-refractivity contribution in [3.8, 4) is 11.5 Å². The summed E-state index contributed by atoms with van der Waals surface area (Å²) in [5.74, 6) is 2.67. The molecule has 34 heavy (non-hydrogen) atoms. The van der Waals surface area contributed by atoms with Crippen LogP contribution in [0.4, 0.5) is 0 Å². The summed E-state index contributed by atoms with van der Waals surface area (Å²) in [7, 11) is 1.66. The first-order chi connectivity index (χ1) is 16.8. The van der Waals surface area contributed by atoms with Crippen molar-refractivity contribution in [2.24, 2.45) is 0 Å². The van der Waals surface area contributed by atoms with Crippen LogP contribution in [0.15, 0.2) is 114 Å². The van der Waals surface area contributed by atoms with Crippen LogP contribution in [-0.4, -0.2) is 23.3 Å². The van der Waals surface area contributed by atoms with Crippen LogP contribution in [0.2, 0.25) is 0 Å². The minimum Gasteiger partial charge on any atom is -0.497 e. The number of imidazole rings is 1. The van der Waals surface area contributed by atoms with Crippen LogP contribution in [-0.2, 0) is 6.54 Å². The van der Waals surface area contributed by atoms with E-state index in [0.29, 0.717) is 13.2 Å². The Morgan fingerprint density at radius 2 is 1.41 bits per heavy atom. The Balaban J connectivity index is 1.48. The SMILES string of the molecule is COc1ccc(OCCn2c(C(Sc3ccccc3)c3ccccc3)nc3ccccc32)cc1. The first-order valence-electron chi connectivity index (χ1n) is 11.3. The van der Waals surface area contributed by atoms with Crippen LogP contribution in [0.1, 0.15) is 16.6 Å². The Hall–Kier alpha value is -3.70. The number of thioether (sulfide) groups is 1. The molecule has 0 bridgehead atoms. The number of para-hydroxylation sites is 2. The molecule has 4 aromatic carbocycles. The molecule has 0 aliphatic heterocycles. The number of rotatable bonds is 9. The Labute approximate surface area is 204 Å². The van der Waals surface area contributed by atoms with Crippen molar-refractivity contribution >= 4 is 22.8 Å². The van der Waals surface area contributed by atoms with Gasteiger partial charge in [0, 0.05) is 4.90 Å². The van der Waals surface area contributed by atoms with E-state index < -0.39 is 0 Å². The summed E-state index contributed by atoms with van der Waals surface area (Å²) in [4.78, 5) is 6.32. The third-order valence-corrected chi connectivity index (χ3v) is 6.92. The van der Waals surface area contributed by atoms with Gasteiger partial charge in [0.05, 0.1) is 29.9 Å². The molecule has 0 amide bonds. The molecule has 0 spiro atoms. The molecular formula is C29H26N2O2S. The molecule has 4 nitrogen and oxygen atoms in total. The minimum absolute atomic E-state index is 0.0528. The van der Waals surface area contributed by atoms with E-state index in [0.717, 1.165) is 28.4 Å². The quantitative estimate of drug-likeness (QED) is 0.219. The topological polar surface area (TPSA) is 36.3 Å². The number of fused-ring (bicyclic) bond motifs is 1. The Kier molecular flexibility index (Phi) is 6.82. The van der Waals surface area contributed by atoms with Gasteiger partial charge in [0.25, 0.3) is 0 Å². The summed E-state index contributed by atoms with van der Waals surface area (Å²) >= 11 is 1.82. The highest BCUT2D eigenvalue weighted by Crippen LogP contribution is 2.41. The molecule has 1 atom stereocenters. The van der Waals surface area contributed by atoms with Gasteiger partial charge in [0.1, 0.15) is 23.9 Å². The average molecular weight is 467 g/mol. The zero-order valence-electron chi connectivity index (χ0n) is 19.0. The lowest BCUT2D eigenvalue weighted by molar-refractivity contribution is 0.298. The van der Waals surface area contributed by atoms with Gasteiger partial charge in [-0.15, -0.1) is 11.8 Å². The van der Waals surface area contributed by atoms with Crippen LogP contribution in [0.3, 0.4) is 0 Å². The molecule has 1 heterocycles. The van der Waals surface area contributed by atoms with Crippen molar-refractivity contribution in [2.45, 2.75) is 16.7 Å². The monoisotopic (exact) mass is 466 g/mol. The normalized spacial score (nSPS) is 11.9. The molecule has 5 heteroatoms. The van der Waals surface area contributed by atoms with Crippen LogP contribution in [0.25, 0.3) is 11.0 Å². The van der Waals surface area contributed by atoms with Crippen LogP contribution >= 0.6 is 11.8 Å². The maximum absolute atomic E-state index is 6.08. The molecule has 5 aromatic rings. The second kappa shape index (κ2) is 10.5. The van der Waals surface area contributed by atoms with Gasteiger partial charge >= 0.3 is 0 Å². The number of ether oxygens (including phenoxy) is 2. The average Bonchev–Trinajstić information content (AvgIpc) is 3.27. The molecule has 1 aromatic heterocycles. The lowest BCUT2D eigenvalue weighted by Crippen LogP contribution is -2.13. The van der Waals surface area contributed by atoms with Gasteiger partial charge in [-0.2, -0.15) is 0 Å². The summed E-state index contributed by atoms with van der Waals surface area (Å²) in [5.41, 5.74) is 3.34.